The van der Waals surface area contributed by atoms with E-state index in [1.54, 1.807) is 0 Å². The summed E-state index contributed by atoms with van der Waals surface area (Å²) >= 11 is 2.27. The molecule has 0 aromatic heterocycles. The number of hydrogen-bond acceptors (Lipinski definition) is 3. The second-order valence-corrected chi connectivity index (χ2v) is 6.62. The van der Waals surface area contributed by atoms with Gasteiger partial charge in [0.15, 0.2) is 0 Å². The lowest BCUT2D eigenvalue weighted by Gasteiger charge is -2.36. The molecule has 1 amide bonds. The summed E-state index contributed by atoms with van der Waals surface area (Å²) < 4.78 is 6.82. The Balaban J connectivity index is 1.98. The summed E-state index contributed by atoms with van der Waals surface area (Å²) in [6.07, 6.45) is 0.208. The number of nitrogens with zero attached hydrogens (tertiary/aromatic N) is 1. The number of carbonyl (C=O) groups excluding carboxylic acids is 1. The first-order chi connectivity index (χ1) is 9.45. The summed E-state index contributed by atoms with van der Waals surface area (Å²) in [4.78, 5) is 14.4. The molecule has 1 N–H and O–H groups in total. The van der Waals surface area contributed by atoms with Gasteiger partial charge in [-0.2, -0.15) is 0 Å². The van der Waals surface area contributed by atoms with Crippen molar-refractivity contribution < 1.29 is 9.53 Å². The lowest BCUT2D eigenvalue weighted by molar-refractivity contribution is -0.143. The molecule has 110 valence electrons. The molecule has 2 rings (SSSR count). The van der Waals surface area contributed by atoms with Gasteiger partial charge in [0.1, 0.15) is 6.04 Å². The van der Waals surface area contributed by atoms with Crippen LogP contribution < -0.4 is 5.32 Å². The van der Waals surface area contributed by atoms with Crippen LogP contribution in [0, 0.1) is 3.57 Å². The van der Waals surface area contributed by atoms with Crippen molar-refractivity contribution >= 4 is 34.2 Å². The summed E-state index contributed by atoms with van der Waals surface area (Å²) in [7, 11) is 0. The van der Waals surface area contributed by atoms with Gasteiger partial charge < -0.3 is 15.0 Å². The number of hydrogen-bond donors (Lipinski definition) is 1. The molecule has 1 aliphatic rings. The first kappa shape index (κ1) is 15.6. The normalized spacial score (nSPS) is 24.3. The van der Waals surface area contributed by atoms with E-state index in [-0.39, 0.29) is 24.2 Å². The standard InChI is InChI=1S/C15H21IN2O2/c1-10-8-18(9-11(2)20-10)15(19)12(3)17-14-6-4-5-13(16)7-14/h4-7,10-12,17H,8-9H2,1-3H3. The molecule has 1 aromatic rings. The fraction of sp³-hybridized carbons (Fsp3) is 0.533. The van der Waals surface area contributed by atoms with Crippen LogP contribution in [0.1, 0.15) is 20.8 Å². The molecule has 1 aliphatic heterocycles. The van der Waals surface area contributed by atoms with E-state index >= 15 is 0 Å². The van der Waals surface area contributed by atoms with Crippen molar-refractivity contribution in [3.8, 4) is 0 Å². The van der Waals surface area contributed by atoms with Crippen molar-refractivity contribution in [2.45, 2.75) is 39.0 Å². The largest absolute Gasteiger partial charge is 0.374 e. The molecular weight excluding hydrogens is 367 g/mol. The van der Waals surface area contributed by atoms with Gasteiger partial charge in [-0.25, -0.2) is 0 Å². The predicted octanol–water partition coefficient (Wildman–Crippen LogP) is 2.73. The number of nitrogens with one attached hydrogen (secondary N) is 1. The molecular formula is C15H21IN2O2. The van der Waals surface area contributed by atoms with E-state index in [1.807, 2.05) is 49.9 Å². The highest BCUT2D eigenvalue weighted by Crippen LogP contribution is 2.16. The van der Waals surface area contributed by atoms with Crippen LogP contribution in [0.5, 0.6) is 0 Å². The summed E-state index contributed by atoms with van der Waals surface area (Å²) in [6, 6.07) is 7.81. The number of ether oxygens (including phenoxy) is 1. The molecule has 3 unspecified atom stereocenters. The third-order valence-electron chi connectivity index (χ3n) is 3.31. The highest BCUT2D eigenvalue weighted by Gasteiger charge is 2.28. The number of benzene rings is 1. The van der Waals surface area contributed by atoms with Gasteiger partial charge in [-0.3, -0.25) is 4.79 Å². The zero-order valence-corrected chi connectivity index (χ0v) is 14.3. The van der Waals surface area contributed by atoms with Crippen LogP contribution in [0.2, 0.25) is 0 Å². The van der Waals surface area contributed by atoms with Crippen molar-refractivity contribution in [3.63, 3.8) is 0 Å². The Bertz CT molecular complexity index is 471. The fourth-order valence-electron chi connectivity index (χ4n) is 2.52. The molecule has 0 aliphatic carbocycles. The Morgan fingerprint density at radius 1 is 1.40 bits per heavy atom. The summed E-state index contributed by atoms with van der Waals surface area (Å²) in [5, 5.41) is 3.27. The van der Waals surface area contributed by atoms with Crippen LogP contribution >= 0.6 is 22.6 Å². The van der Waals surface area contributed by atoms with Gasteiger partial charge in [-0.15, -0.1) is 0 Å². The van der Waals surface area contributed by atoms with E-state index in [0.29, 0.717) is 13.1 Å². The molecule has 1 heterocycles. The third-order valence-corrected chi connectivity index (χ3v) is 3.98. The topological polar surface area (TPSA) is 41.6 Å². The number of halogens is 1. The zero-order chi connectivity index (χ0) is 14.7. The van der Waals surface area contributed by atoms with E-state index in [0.717, 1.165) is 9.26 Å². The van der Waals surface area contributed by atoms with Gasteiger partial charge in [-0.05, 0) is 61.6 Å². The molecule has 0 radical (unpaired) electrons. The van der Waals surface area contributed by atoms with E-state index in [1.165, 1.54) is 0 Å². The van der Waals surface area contributed by atoms with Crippen LogP contribution in [-0.2, 0) is 9.53 Å². The average molecular weight is 388 g/mol. The van der Waals surface area contributed by atoms with Gasteiger partial charge in [0.25, 0.3) is 0 Å². The van der Waals surface area contributed by atoms with Gasteiger partial charge in [0.05, 0.1) is 12.2 Å². The first-order valence-corrected chi connectivity index (χ1v) is 8.00. The first-order valence-electron chi connectivity index (χ1n) is 6.92. The number of carbonyl (C=O) groups is 1. The quantitative estimate of drug-likeness (QED) is 0.810. The maximum Gasteiger partial charge on any atom is 0.244 e. The minimum absolute atomic E-state index is 0.104. The Labute approximate surface area is 134 Å². The smallest absolute Gasteiger partial charge is 0.244 e. The second kappa shape index (κ2) is 6.76. The van der Waals surface area contributed by atoms with Crippen LogP contribution in [-0.4, -0.2) is 42.1 Å². The van der Waals surface area contributed by atoms with Crippen molar-refractivity contribution in [1.29, 1.82) is 0 Å². The summed E-state index contributed by atoms with van der Waals surface area (Å²) in [5.41, 5.74) is 0.979. The molecule has 5 heteroatoms. The van der Waals surface area contributed by atoms with Crippen LogP contribution in [0.25, 0.3) is 0 Å². The zero-order valence-electron chi connectivity index (χ0n) is 12.1. The summed E-state index contributed by atoms with van der Waals surface area (Å²) in [5.74, 6) is 0.130. The lowest BCUT2D eigenvalue weighted by Crippen LogP contribution is -2.52. The maximum absolute atomic E-state index is 12.5. The molecule has 0 spiro atoms. The molecule has 0 bridgehead atoms. The SMILES string of the molecule is CC1CN(C(=O)C(C)Nc2cccc(I)c2)CC(C)O1. The maximum atomic E-state index is 12.5. The van der Waals surface area contributed by atoms with E-state index < -0.39 is 0 Å². The van der Waals surface area contributed by atoms with Crippen molar-refractivity contribution in [1.82, 2.24) is 4.90 Å². The van der Waals surface area contributed by atoms with Crippen LogP contribution in [0.3, 0.4) is 0 Å². The Hall–Kier alpha value is -0.820. The Morgan fingerprint density at radius 2 is 2.05 bits per heavy atom. The van der Waals surface area contributed by atoms with Crippen LogP contribution in [0.15, 0.2) is 24.3 Å². The van der Waals surface area contributed by atoms with Gasteiger partial charge in [0, 0.05) is 22.3 Å². The van der Waals surface area contributed by atoms with Gasteiger partial charge in [-0.1, -0.05) is 6.07 Å². The molecule has 20 heavy (non-hydrogen) atoms. The van der Waals surface area contributed by atoms with E-state index in [2.05, 4.69) is 27.9 Å². The van der Waals surface area contributed by atoms with E-state index in [9.17, 15) is 4.79 Å². The van der Waals surface area contributed by atoms with Crippen LogP contribution in [0.4, 0.5) is 5.69 Å². The summed E-state index contributed by atoms with van der Waals surface area (Å²) in [6.45, 7) is 7.26. The highest BCUT2D eigenvalue weighted by atomic mass is 127. The number of anilines is 1. The average Bonchev–Trinajstić information content (AvgIpc) is 2.36. The minimum atomic E-state index is -0.231. The predicted molar refractivity (Wildman–Crippen MR) is 88.8 cm³/mol. The third kappa shape index (κ3) is 4.09. The molecule has 4 nitrogen and oxygen atoms in total. The lowest BCUT2D eigenvalue weighted by atomic mass is 10.2. The highest BCUT2D eigenvalue weighted by molar-refractivity contribution is 14.1. The molecule has 1 saturated heterocycles. The van der Waals surface area contributed by atoms with Gasteiger partial charge >= 0.3 is 0 Å². The monoisotopic (exact) mass is 388 g/mol. The molecule has 1 aromatic carbocycles. The minimum Gasteiger partial charge on any atom is -0.374 e. The Kier molecular flexibility index (Phi) is 5.26. The van der Waals surface area contributed by atoms with Crippen molar-refractivity contribution in [3.05, 3.63) is 27.8 Å². The molecule has 0 saturated carbocycles. The fourth-order valence-corrected chi connectivity index (χ4v) is 3.06. The number of rotatable bonds is 3. The number of morpholine rings is 1. The van der Waals surface area contributed by atoms with Crippen molar-refractivity contribution in [2.75, 3.05) is 18.4 Å². The van der Waals surface area contributed by atoms with Gasteiger partial charge in [0.2, 0.25) is 5.91 Å². The second-order valence-electron chi connectivity index (χ2n) is 5.38. The molecule has 1 fully saturated rings. The van der Waals surface area contributed by atoms with Crippen molar-refractivity contribution in [2.24, 2.45) is 0 Å². The Morgan fingerprint density at radius 3 is 2.65 bits per heavy atom. The number of amides is 1. The van der Waals surface area contributed by atoms with E-state index in [4.69, 9.17) is 4.74 Å². The molecule has 3 atom stereocenters.